The Hall–Kier alpha value is -2.67. The van der Waals surface area contributed by atoms with Gasteiger partial charge in [-0.15, -0.1) is 0 Å². The number of alkyl halides is 3. The van der Waals surface area contributed by atoms with E-state index in [0.717, 1.165) is 6.07 Å². The predicted octanol–water partition coefficient (Wildman–Crippen LogP) is 3.22. The smallest absolute Gasteiger partial charge is 0.416 e. The number of benzene rings is 1. The summed E-state index contributed by atoms with van der Waals surface area (Å²) in [6.45, 7) is 1.17. The minimum Gasteiger partial charge on any atom is -0.490 e. The fraction of sp³-hybridized carbons (Fsp3) is 0.435. The van der Waals surface area contributed by atoms with Gasteiger partial charge in [-0.3, -0.25) is 10.0 Å². The first-order valence-electron chi connectivity index (χ1n) is 11.0. The maximum absolute atomic E-state index is 13.4. The zero-order valence-corrected chi connectivity index (χ0v) is 19.8. The molecule has 1 amide bonds. The molecule has 0 unspecified atom stereocenters. The average molecular weight is 517 g/mol. The number of carbonyl (C=O) groups is 1. The summed E-state index contributed by atoms with van der Waals surface area (Å²) < 4.78 is 72.8. The van der Waals surface area contributed by atoms with Crippen LogP contribution in [0.5, 0.6) is 5.75 Å². The monoisotopic (exact) mass is 516 g/mol. The molecule has 1 aliphatic heterocycles. The number of hydrogen-bond acceptors (Lipinski definition) is 6. The molecule has 3 rings (SSSR count). The van der Waals surface area contributed by atoms with E-state index in [1.807, 2.05) is 0 Å². The van der Waals surface area contributed by atoms with Gasteiger partial charge < -0.3 is 9.84 Å². The van der Waals surface area contributed by atoms with Crippen molar-refractivity contribution in [1.82, 2.24) is 9.79 Å². The maximum atomic E-state index is 13.4. The molecule has 1 fully saturated rings. The third kappa shape index (κ3) is 6.13. The summed E-state index contributed by atoms with van der Waals surface area (Å²) in [6.07, 6.45) is 0.604. The Labute approximate surface area is 201 Å². The summed E-state index contributed by atoms with van der Waals surface area (Å²) >= 11 is 0. The zero-order chi connectivity index (χ0) is 25.8. The molecular weight excluding hydrogens is 489 g/mol. The molecular formula is C23H27F3N2O6S. The largest absolute Gasteiger partial charge is 0.490 e. The first kappa shape index (κ1) is 26.9. The number of nitrogens with zero attached hydrogens (tertiary/aromatic N) is 1. The van der Waals surface area contributed by atoms with Crippen LogP contribution in [0.25, 0.3) is 0 Å². The highest BCUT2D eigenvalue weighted by molar-refractivity contribution is 7.93. The predicted molar refractivity (Wildman–Crippen MR) is 121 cm³/mol. The normalized spacial score (nSPS) is 18.3. The minimum atomic E-state index is -4.46. The fourth-order valence-electron chi connectivity index (χ4n) is 4.15. The molecule has 1 aliphatic carbocycles. The van der Waals surface area contributed by atoms with E-state index in [-0.39, 0.29) is 60.8 Å². The molecule has 2 aliphatic rings. The van der Waals surface area contributed by atoms with E-state index < -0.39 is 33.8 Å². The number of aliphatic hydroxyl groups excluding tert-OH is 1. The molecule has 1 aromatic carbocycles. The van der Waals surface area contributed by atoms with Gasteiger partial charge in [-0.25, -0.2) is 13.9 Å². The average Bonchev–Trinajstić information content (AvgIpc) is 3.01. The first-order valence-corrected chi connectivity index (χ1v) is 12.4. The van der Waals surface area contributed by atoms with Gasteiger partial charge in [0.1, 0.15) is 11.9 Å². The number of hydroxylamine groups is 1. The van der Waals surface area contributed by atoms with Crippen LogP contribution in [0, 0.1) is 6.92 Å². The van der Waals surface area contributed by atoms with Gasteiger partial charge in [0.05, 0.1) is 16.0 Å². The van der Waals surface area contributed by atoms with E-state index in [2.05, 4.69) is 0 Å². The van der Waals surface area contributed by atoms with E-state index in [4.69, 9.17) is 4.74 Å². The molecule has 3 N–H and O–H groups in total. The number of aryl methyl sites for hydroxylation is 1. The van der Waals surface area contributed by atoms with E-state index in [0.29, 0.717) is 12.0 Å². The van der Waals surface area contributed by atoms with Crippen LogP contribution in [-0.4, -0.2) is 54.7 Å². The quantitative estimate of drug-likeness (QED) is 0.379. The van der Waals surface area contributed by atoms with Crippen molar-refractivity contribution in [3.63, 3.8) is 0 Å². The lowest BCUT2D eigenvalue weighted by Gasteiger charge is -2.32. The second-order valence-corrected chi connectivity index (χ2v) is 10.1. The second-order valence-electron chi connectivity index (χ2n) is 8.22. The number of aliphatic hydroxyl groups is 1. The molecule has 0 atom stereocenters. The van der Waals surface area contributed by atoms with Crippen molar-refractivity contribution in [2.75, 3.05) is 19.7 Å². The Morgan fingerprint density at radius 2 is 1.94 bits per heavy atom. The highest BCUT2D eigenvalue weighted by atomic mass is 32.2. The highest BCUT2D eigenvalue weighted by Gasteiger charge is 2.36. The number of halogens is 3. The summed E-state index contributed by atoms with van der Waals surface area (Å²) in [5, 5.41) is 18.5. The topological polar surface area (TPSA) is 116 Å². The minimum absolute atomic E-state index is 0.0310. The summed E-state index contributed by atoms with van der Waals surface area (Å²) in [4.78, 5) is 12.1. The molecule has 0 saturated carbocycles. The lowest BCUT2D eigenvalue weighted by Crippen LogP contribution is -2.42. The number of piperidine rings is 1. The van der Waals surface area contributed by atoms with Gasteiger partial charge in [0, 0.05) is 19.7 Å². The maximum Gasteiger partial charge on any atom is 0.416 e. The van der Waals surface area contributed by atoms with E-state index >= 15 is 0 Å². The number of allylic oxidation sites excluding steroid dienone is 3. The number of nitrogens with one attached hydrogen (secondary N) is 1. The van der Waals surface area contributed by atoms with Gasteiger partial charge in [-0.1, -0.05) is 12.2 Å². The molecule has 35 heavy (non-hydrogen) atoms. The van der Waals surface area contributed by atoms with Gasteiger partial charge in [-0.2, -0.15) is 17.5 Å². The summed E-state index contributed by atoms with van der Waals surface area (Å²) in [6, 6.07) is 3.51. The Balaban J connectivity index is 1.77. The molecule has 1 aromatic rings. The lowest BCUT2D eigenvalue weighted by atomic mass is 10.0. The second kappa shape index (κ2) is 10.9. The van der Waals surface area contributed by atoms with E-state index in [1.54, 1.807) is 12.2 Å². The van der Waals surface area contributed by atoms with Crippen LogP contribution in [0.15, 0.2) is 52.5 Å². The van der Waals surface area contributed by atoms with Gasteiger partial charge in [-0.05, 0) is 68.0 Å². The van der Waals surface area contributed by atoms with Crippen LogP contribution in [0.3, 0.4) is 0 Å². The van der Waals surface area contributed by atoms with Crippen LogP contribution in [0.2, 0.25) is 0 Å². The van der Waals surface area contributed by atoms with Crippen LogP contribution in [-0.2, 0) is 21.0 Å². The number of rotatable bonds is 7. The zero-order valence-electron chi connectivity index (χ0n) is 19.0. The molecule has 192 valence electrons. The third-order valence-corrected chi connectivity index (χ3v) is 7.81. The molecule has 0 bridgehead atoms. The third-order valence-electron chi connectivity index (χ3n) is 5.87. The van der Waals surface area contributed by atoms with Crippen molar-refractivity contribution >= 4 is 15.9 Å². The van der Waals surface area contributed by atoms with Crippen molar-refractivity contribution < 1.29 is 41.4 Å². The van der Waals surface area contributed by atoms with Crippen molar-refractivity contribution in [2.45, 2.75) is 44.9 Å². The number of amides is 1. The van der Waals surface area contributed by atoms with Gasteiger partial charge >= 0.3 is 6.18 Å². The lowest BCUT2D eigenvalue weighted by molar-refractivity contribution is -0.138. The molecule has 1 saturated heterocycles. The van der Waals surface area contributed by atoms with Crippen molar-refractivity contribution in [3.05, 3.63) is 63.6 Å². The van der Waals surface area contributed by atoms with Crippen LogP contribution in [0.4, 0.5) is 13.2 Å². The summed E-state index contributed by atoms with van der Waals surface area (Å²) in [7, 11) is -4.14. The molecule has 0 radical (unpaired) electrons. The van der Waals surface area contributed by atoms with Gasteiger partial charge in [0.15, 0.2) is 0 Å². The summed E-state index contributed by atoms with van der Waals surface area (Å²) in [5.41, 5.74) is 0.846. The molecule has 1 heterocycles. The fourth-order valence-corrected chi connectivity index (χ4v) is 5.87. The van der Waals surface area contributed by atoms with Crippen LogP contribution in [0.1, 0.15) is 36.8 Å². The Morgan fingerprint density at radius 1 is 1.26 bits per heavy atom. The molecule has 8 nitrogen and oxygen atoms in total. The standard InChI is InChI=1S/C23H27F3N2O6S/c1-15-14-18(6-7-19(15)23(24,25)26)34-17-8-11-28(12-9-17)35(32,33)20-5-3-2-4-16(10-13-29)21(20)22(30)27-31/h3-7,14,17,29,31H,2,8-13H2,1H3,(H,27,30). The molecule has 0 aromatic heterocycles. The summed E-state index contributed by atoms with van der Waals surface area (Å²) in [5.74, 6) is -0.724. The number of hydrogen-bond donors (Lipinski definition) is 3. The SMILES string of the molecule is Cc1cc(OC2CCN(S(=O)(=O)C3=C(C(=O)NO)C(CCO)=CCC=C3)CC2)ccc1C(F)(F)F. The van der Waals surface area contributed by atoms with E-state index in [1.165, 1.54) is 34.9 Å². The Kier molecular flexibility index (Phi) is 8.42. The van der Waals surface area contributed by atoms with Crippen molar-refractivity contribution in [2.24, 2.45) is 0 Å². The number of carbonyl (C=O) groups excluding carboxylic acids is 1. The van der Waals surface area contributed by atoms with Crippen molar-refractivity contribution in [1.29, 1.82) is 0 Å². The number of ether oxygens (including phenoxy) is 1. The van der Waals surface area contributed by atoms with Crippen LogP contribution >= 0.6 is 0 Å². The van der Waals surface area contributed by atoms with Crippen molar-refractivity contribution in [3.8, 4) is 5.75 Å². The molecule has 0 spiro atoms. The Morgan fingerprint density at radius 3 is 2.51 bits per heavy atom. The Bertz CT molecular complexity index is 1150. The van der Waals surface area contributed by atoms with Gasteiger partial charge in [0.2, 0.25) is 10.0 Å². The molecule has 12 heteroatoms. The number of sulfonamides is 1. The van der Waals surface area contributed by atoms with Crippen LogP contribution < -0.4 is 10.2 Å². The first-order chi connectivity index (χ1) is 16.5. The van der Waals surface area contributed by atoms with E-state index in [9.17, 15) is 36.7 Å². The van der Waals surface area contributed by atoms with Gasteiger partial charge in [0.25, 0.3) is 5.91 Å². The highest BCUT2D eigenvalue weighted by Crippen LogP contribution is 2.34.